The van der Waals surface area contributed by atoms with Crippen molar-refractivity contribution in [2.75, 3.05) is 6.61 Å². The van der Waals surface area contributed by atoms with E-state index in [9.17, 15) is 9.90 Å². The summed E-state index contributed by atoms with van der Waals surface area (Å²) in [6, 6.07) is 57.7. The van der Waals surface area contributed by atoms with Crippen molar-refractivity contribution in [1.82, 2.24) is 0 Å². The predicted octanol–water partition coefficient (Wildman–Crippen LogP) is 8.62. The maximum atomic E-state index is 13.8. The first-order valence-electron chi connectivity index (χ1n) is 22.1. The van der Waals surface area contributed by atoms with Gasteiger partial charge >= 0.3 is 5.97 Å². The molecule has 6 aromatic carbocycles. The van der Waals surface area contributed by atoms with E-state index in [1.807, 2.05) is 158 Å². The van der Waals surface area contributed by atoms with E-state index in [0.29, 0.717) is 12.2 Å². The second kappa shape index (κ2) is 23.6. The highest BCUT2D eigenvalue weighted by molar-refractivity contribution is 5.89. The van der Waals surface area contributed by atoms with Gasteiger partial charge in [0.25, 0.3) is 0 Å². The predicted molar refractivity (Wildman–Crippen MR) is 242 cm³/mol. The molecule has 2 saturated heterocycles. The third kappa shape index (κ3) is 12.8. The summed E-state index contributed by atoms with van der Waals surface area (Å²) < 4.78 is 60.1. The second-order valence-corrected chi connectivity index (χ2v) is 16.2. The SMILES string of the molecule is C[C@@H]1O[C@@H](O)[C@H](OCc2ccccc2)[C@H](O[C@H]2O[C@H](COCc3ccccc3)[C@@H](OCc3ccccc3)[C@H](OCc3ccccc3)[C@H]2OCc2ccccc2)[C@H]1OC(=O)c1ccccc1. The highest BCUT2D eigenvalue weighted by atomic mass is 16.7. The Hall–Kier alpha value is -5.57. The molecule has 0 spiro atoms. The van der Waals surface area contributed by atoms with Crippen molar-refractivity contribution >= 4 is 5.97 Å². The van der Waals surface area contributed by atoms with Gasteiger partial charge in [-0.15, -0.1) is 0 Å². The molecule has 0 aromatic heterocycles. The fourth-order valence-electron chi connectivity index (χ4n) is 8.03. The molecule has 6 aromatic rings. The molecule has 0 aliphatic carbocycles. The monoisotopic (exact) mass is 880 g/mol. The van der Waals surface area contributed by atoms with Crippen LogP contribution in [0, 0.1) is 0 Å². The van der Waals surface area contributed by atoms with Crippen LogP contribution in [0.1, 0.15) is 45.1 Å². The van der Waals surface area contributed by atoms with E-state index in [1.165, 1.54) is 0 Å². The lowest BCUT2D eigenvalue weighted by Crippen LogP contribution is -2.66. The fourth-order valence-corrected chi connectivity index (χ4v) is 8.03. The van der Waals surface area contributed by atoms with Gasteiger partial charge in [-0.3, -0.25) is 0 Å². The minimum Gasteiger partial charge on any atom is -0.453 e. The van der Waals surface area contributed by atoms with E-state index in [1.54, 1.807) is 31.2 Å². The number of esters is 1. The molecular weight excluding hydrogens is 825 g/mol. The van der Waals surface area contributed by atoms with E-state index >= 15 is 0 Å². The van der Waals surface area contributed by atoms with Crippen LogP contribution in [0.2, 0.25) is 0 Å². The van der Waals surface area contributed by atoms with Crippen molar-refractivity contribution < 1.29 is 52.5 Å². The molecule has 2 heterocycles. The number of carbonyl (C=O) groups is 1. The van der Waals surface area contributed by atoms with Crippen molar-refractivity contribution in [1.29, 1.82) is 0 Å². The number of carbonyl (C=O) groups excluding carboxylic acids is 1. The number of aliphatic hydroxyl groups is 1. The molecule has 2 aliphatic rings. The van der Waals surface area contributed by atoms with Gasteiger partial charge in [0.2, 0.25) is 0 Å². The molecule has 11 heteroatoms. The molecule has 338 valence electrons. The molecule has 0 unspecified atom stereocenters. The Labute approximate surface area is 380 Å². The van der Waals surface area contributed by atoms with E-state index in [4.69, 9.17) is 42.6 Å². The van der Waals surface area contributed by atoms with Gasteiger partial charge in [-0.25, -0.2) is 4.79 Å². The van der Waals surface area contributed by atoms with Crippen LogP contribution in [0.25, 0.3) is 0 Å². The van der Waals surface area contributed by atoms with Crippen molar-refractivity contribution in [3.63, 3.8) is 0 Å². The number of ether oxygens (including phenoxy) is 9. The summed E-state index contributed by atoms with van der Waals surface area (Å²) in [5.41, 5.74) is 5.01. The maximum Gasteiger partial charge on any atom is 0.338 e. The molecule has 11 nitrogen and oxygen atoms in total. The lowest BCUT2D eigenvalue weighted by molar-refractivity contribution is -0.369. The van der Waals surface area contributed by atoms with Crippen LogP contribution < -0.4 is 0 Å². The topological polar surface area (TPSA) is 120 Å². The Balaban J connectivity index is 1.18. The maximum absolute atomic E-state index is 13.8. The van der Waals surface area contributed by atoms with Gasteiger partial charge in [0.05, 0.1) is 51.3 Å². The zero-order valence-corrected chi connectivity index (χ0v) is 36.4. The normalized spacial score (nSPS) is 25.4. The molecular formula is C54H56O11. The van der Waals surface area contributed by atoms with Crippen LogP contribution in [0.15, 0.2) is 182 Å². The third-order valence-electron chi connectivity index (χ3n) is 11.4. The Bertz CT molecular complexity index is 2270. The van der Waals surface area contributed by atoms with E-state index in [0.717, 1.165) is 27.8 Å². The highest BCUT2D eigenvalue weighted by Gasteiger charge is 2.54. The summed E-state index contributed by atoms with van der Waals surface area (Å²) in [5, 5.41) is 11.7. The molecule has 1 N–H and O–H groups in total. The zero-order valence-electron chi connectivity index (χ0n) is 36.4. The smallest absolute Gasteiger partial charge is 0.338 e. The summed E-state index contributed by atoms with van der Waals surface area (Å²) in [7, 11) is 0. The van der Waals surface area contributed by atoms with Crippen LogP contribution in [-0.4, -0.2) is 79.1 Å². The quantitative estimate of drug-likeness (QED) is 0.0743. The third-order valence-corrected chi connectivity index (χ3v) is 11.4. The lowest BCUT2D eigenvalue weighted by Gasteiger charge is -2.49. The van der Waals surface area contributed by atoms with Crippen LogP contribution in [0.3, 0.4) is 0 Å². The van der Waals surface area contributed by atoms with Gasteiger partial charge < -0.3 is 47.7 Å². The first-order valence-corrected chi connectivity index (χ1v) is 22.1. The molecule has 0 radical (unpaired) electrons. The molecule has 8 rings (SSSR count). The van der Waals surface area contributed by atoms with Crippen LogP contribution in [0.4, 0.5) is 0 Å². The van der Waals surface area contributed by atoms with Gasteiger partial charge in [-0.1, -0.05) is 170 Å². The molecule has 65 heavy (non-hydrogen) atoms. The molecule has 2 aliphatic heterocycles. The molecule has 10 atom stereocenters. The molecule has 0 bridgehead atoms. The average molecular weight is 881 g/mol. The largest absolute Gasteiger partial charge is 0.453 e. The first-order chi connectivity index (χ1) is 32.0. The van der Waals surface area contributed by atoms with Gasteiger partial charge in [0, 0.05) is 0 Å². The number of aliphatic hydroxyl groups excluding tert-OH is 1. The number of rotatable bonds is 20. The van der Waals surface area contributed by atoms with E-state index in [-0.39, 0.29) is 33.0 Å². The van der Waals surface area contributed by atoms with Crippen molar-refractivity contribution in [2.45, 2.75) is 101 Å². The Kier molecular flexibility index (Phi) is 16.7. The van der Waals surface area contributed by atoms with Gasteiger partial charge in [-0.05, 0) is 46.9 Å². The fraction of sp³-hybridized carbons (Fsp3) is 0.315. The number of benzene rings is 6. The Morgan fingerprint density at radius 1 is 0.462 bits per heavy atom. The minimum absolute atomic E-state index is 0.0952. The average Bonchev–Trinajstić information content (AvgIpc) is 3.35. The van der Waals surface area contributed by atoms with Crippen LogP contribution in [0.5, 0.6) is 0 Å². The molecule has 0 saturated carbocycles. The van der Waals surface area contributed by atoms with Gasteiger partial charge in [-0.2, -0.15) is 0 Å². The molecule has 2 fully saturated rings. The first kappa shape index (κ1) is 46.0. The zero-order chi connectivity index (χ0) is 44.6. The summed E-state index contributed by atoms with van der Waals surface area (Å²) in [5.74, 6) is -0.593. The minimum atomic E-state index is -1.46. The van der Waals surface area contributed by atoms with E-state index < -0.39 is 67.4 Å². The summed E-state index contributed by atoms with van der Waals surface area (Å²) >= 11 is 0. The Morgan fingerprint density at radius 3 is 1.34 bits per heavy atom. The van der Waals surface area contributed by atoms with Crippen LogP contribution in [-0.2, 0) is 75.7 Å². The highest BCUT2D eigenvalue weighted by Crippen LogP contribution is 2.36. The number of hydrogen-bond donors (Lipinski definition) is 1. The van der Waals surface area contributed by atoms with E-state index in [2.05, 4.69) is 0 Å². The van der Waals surface area contributed by atoms with Gasteiger partial charge in [0.1, 0.15) is 36.6 Å². The van der Waals surface area contributed by atoms with Gasteiger partial charge in [0.15, 0.2) is 18.7 Å². The molecule has 0 amide bonds. The number of hydrogen-bond acceptors (Lipinski definition) is 11. The van der Waals surface area contributed by atoms with Crippen LogP contribution >= 0.6 is 0 Å². The summed E-state index contributed by atoms with van der Waals surface area (Å²) in [6.45, 7) is 2.89. The van der Waals surface area contributed by atoms with Crippen molar-refractivity contribution in [3.05, 3.63) is 215 Å². The second-order valence-electron chi connectivity index (χ2n) is 16.2. The summed E-state index contributed by atoms with van der Waals surface area (Å²) in [4.78, 5) is 13.8. The lowest BCUT2D eigenvalue weighted by atomic mass is 9.96. The van der Waals surface area contributed by atoms with Crippen molar-refractivity contribution in [2.24, 2.45) is 0 Å². The standard InChI is InChI=1S/C54H56O11/c1-38-46(64-52(55)44-30-18-7-19-31-44)49(50(53(56)62-38)60-35-42-26-14-5-15-27-42)65-54-51(61-36-43-28-16-6-17-29-43)48(59-34-41-24-12-4-13-25-41)47(58-33-40-22-10-3-11-23-40)45(63-54)37-57-32-39-20-8-2-9-21-39/h2-31,38,45-51,53-54,56H,32-37H2,1H3/t38-,45+,46-,47+,48-,49+,50+,51+,53+,54+/m0/s1. The summed E-state index contributed by atoms with van der Waals surface area (Å²) in [6.07, 6.45) is -10.1. The Morgan fingerprint density at radius 2 is 0.862 bits per heavy atom. The van der Waals surface area contributed by atoms with Crippen molar-refractivity contribution in [3.8, 4) is 0 Å².